The summed E-state index contributed by atoms with van der Waals surface area (Å²) in [6.07, 6.45) is -0.0312. The predicted molar refractivity (Wildman–Crippen MR) is 64.6 cm³/mol. The molecule has 0 aromatic heterocycles. The number of ether oxygens (including phenoxy) is 2. The minimum atomic E-state index is -2.74. The number of hydrogen-bond acceptors (Lipinski definition) is 2. The summed E-state index contributed by atoms with van der Waals surface area (Å²) in [6, 6.07) is 9.74. The predicted octanol–water partition coefficient (Wildman–Crippen LogP) is 3.26. The van der Waals surface area contributed by atoms with E-state index in [1.165, 1.54) is 7.11 Å². The Morgan fingerprint density at radius 2 is 2.00 bits per heavy atom. The Kier molecular flexibility index (Phi) is 4.30. The Hall–Kier alpha value is -1.00. The quantitative estimate of drug-likeness (QED) is 0.753. The fraction of sp³-hybridized carbons (Fsp3) is 0.571. The van der Waals surface area contributed by atoms with Crippen molar-refractivity contribution in [2.75, 3.05) is 13.9 Å². The van der Waals surface area contributed by atoms with Gasteiger partial charge in [-0.3, -0.25) is 0 Å². The van der Waals surface area contributed by atoms with Crippen LogP contribution in [0.5, 0.6) is 0 Å². The number of hydrogen-bond donors (Lipinski definition) is 0. The van der Waals surface area contributed by atoms with Crippen LogP contribution in [-0.2, 0) is 15.9 Å². The summed E-state index contributed by atoms with van der Waals surface area (Å²) in [5.74, 6) is -2.76. The van der Waals surface area contributed by atoms with Crippen LogP contribution in [0.15, 0.2) is 30.3 Å². The molecule has 1 aliphatic rings. The standard InChI is InChI=1S/C14H18F2O2/c1-17-10-18-13-8-12(9-14(13,15)16)7-11-5-3-2-4-6-11/h2-6,12-13H,7-10H2,1H3. The summed E-state index contributed by atoms with van der Waals surface area (Å²) in [4.78, 5) is 0. The van der Waals surface area contributed by atoms with Crippen molar-refractivity contribution in [3.63, 3.8) is 0 Å². The monoisotopic (exact) mass is 256 g/mol. The van der Waals surface area contributed by atoms with Crippen molar-refractivity contribution in [1.82, 2.24) is 0 Å². The van der Waals surface area contributed by atoms with E-state index in [-0.39, 0.29) is 19.1 Å². The summed E-state index contributed by atoms with van der Waals surface area (Å²) >= 11 is 0. The van der Waals surface area contributed by atoms with E-state index < -0.39 is 12.0 Å². The molecule has 2 nitrogen and oxygen atoms in total. The van der Waals surface area contributed by atoms with Crippen LogP contribution in [0.4, 0.5) is 8.78 Å². The van der Waals surface area contributed by atoms with Crippen molar-refractivity contribution < 1.29 is 18.3 Å². The Labute approximate surface area is 106 Å². The molecule has 0 heterocycles. The van der Waals surface area contributed by atoms with Crippen molar-refractivity contribution in [2.24, 2.45) is 5.92 Å². The highest BCUT2D eigenvalue weighted by molar-refractivity contribution is 5.16. The highest BCUT2D eigenvalue weighted by Crippen LogP contribution is 2.42. The summed E-state index contributed by atoms with van der Waals surface area (Å²) in [7, 11) is 1.44. The number of rotatable bonds is 5. The maximum Gasteiger partial charge on any atom is 0.274 e. The number of benzene rings is 1. The lowest BCUT2D eigenvalue weighted by molar-refractivity contribution is -0.159. The number of halogens is 2. The van der Waals surface area contributed by atoms with Gasteiger partial charge in [0.15, 0.2) is 0 Å². The van der Waals surface area contributed by atoms with Gasteiger partial charge < -0.3 is 9.47 Å². The summed E-state index contributed by atoms with van der Waals surface area (Å²) in [5.41, 5.74) is 1.10. The number of methoxy groups -OCH3 is 1. The fourth-order valence-electron chi connectivity index (χ4n) is 2.52. The maximum atomic E-state index is 13.7. The lowest BCUT2D eigenvalue weighted by atomic mass is 9.98. The first-order valence-corrected chi connectivity index (χ1v) is 6.14. The summed E-state index contributed by atoms with van der Waals surface area (Å²) in [5, 5.41) is 0. The minimum Gasteiger partial charge on any atom is -0.359 e. The third kappa shape index (κ3) is 3.27. The Bertz CT molecular complexity index is 367. The van der Waals surface area contributed by atoms with Crippen LogP contribution in [0, 0.1) is 5.92 Å². The van der Waals surface area contributed by atoms with Crippen LogP contribution in [0.2, 0.25) is 0 Å². The summed E-state index contributed by atoms with van der Waals surface area (Å²) < 4.78 is 37.2. The van der Waals surface area contributed by atoms with Crippen LogP contribution in [0.3, 0.4) is 0 Å². The molecule has 0 bridgehead atoms. The van der Waals surface area contributed by atoms with Gasteiger partial charge in [0.1, 0.15) is 12.9 Å². The van der Waals surface area contributed by atoms with E-state index in [0.29, 0.717) is 12.8 Å². The zero-order valence-corrected chi connectivity index (χ0v) is 10.4. The third-order valence-electron chi connectivity index (χ3n) is 3.33. The zero-order chi connectivity index (χ0) is 13.0. The first kappa shape index (κ1) is 13.4. The van der Waals surface area contributed by atoms with E-state index in [0.717, 1.165) is 5.56 Å². The molecule has 0 spiro atoms. The molecule has 0 radical (unpaired) electrons. The van der Waals surface area contributed by atoms with Crippen molar-refractivity contribution in [1.29, 1.82) is 0 Å². The lowest BCUT2D eigenvalue weighted by Gasteiger charge is -2.18. The second-order valence-electron chi connectivity index (χ2n) is 4.82. The minimum absolute atomic E-state index is 0.0238. The van der Waals surface area contributed by atoms with Gasteiger partial charge in [-0.05, 0) is 24.3 Å². The fourth-order valence-corrected chi connectivity index (χ4v) is 2.52. The van der Waals surface area contributed by atoms with Gasteiger partial charge in [-0.25, -0.2) is 8.78 Å². The van der Waals surface area contributed by atoms with Gasteiger partial charge in [-0.15, -0.1) is 0 Å². The van der Waals surface area contributed by atoms with Gasteiger partial charge in [0.2, 0.25) is 0 Å². The molecule has 1 aliphatic carbocycles. The van der Waals surface area contributed by atoms with E-state index in [9.17, 15) is 8.78 Å². The molecular weight excluding hydrogens is 238 g/mol. The third-order valence-corrected chi connectivity index (χ3v) is 3.33. The molecule has 1 aromatic carbocycles. The van der Waals surface area contributed by atoms with Crippen molar-refractivity contribution in [3.05, 3.63) is 35.9 Å². The van der Waals surface area contributed by atoms with Gasteiger partial charge in [0.25, 0.3) is 5.92 Å². The highest BCUT2D eigenvalue weighted by atomic mass is 19.3. The molecule has 0 saturated heterocycles. The molecule has 0 N–H and O–H groups in total. The van der Waals surface area contributed by atoms with Crippen molar-refractivity contribution in [3.8, 4) is 0 Å². The van der Waals surface area contributed by atoms with Crippen LogP contribution in [-0.4, -0.2) is 25.9 Å². The lowest BCUT2D eigenvalue weighted by Crippen LogP contribution is -2.30. The van der Waals surface area contributed by atoms with Crippen LogP contribution >= 0.6 is 0 Å². The molecule has 2 rings (SSSR count). The van der Waals surface area contributed by atoms with Crippen LogP contribution in [0.25, 0.3) is 0 Å². The number of alkyl halides is 2. The van der Waals surface area contributed by atoms with E-state index in [4.69, 9.17) is 9.47 Å². The van der Waals surface area contributed by atoms with Gasteiger partial charge >= 0.3 is 0 Å². The highest BCUT2D eigenvalue weighted by Gasteiger charge is 2.49. The molecule has 0 amide bonds. The SMILES string of the molecule is COCOC1CC(Cc2ccccc2)CC1(F)F. The average molecular weight is 256 g/mol. The normalized spacial score (nSPS) is 26.4. The second kappa shape index (κ2) is 5.76. The molecule has 1 aromatic rings. The topological polar surface area (TPSA) is 18.5 Å². The molecule has 0 aliphatic heterocycles. The van der Waals surface area contributed by atoms with Gasteiger partial charge in [0.05, 0.1) is 0 Å². The first-order valence-electron chi connectivity index (χ1n) is 6.14. The largest absolute Gasteiger partial charge is 0.359 e. The zero-order valence-electron chi connectivity index (χ0n) is 10.4. The smallest absolute Gasteiger partial charge is 0.274 e. The van der Waals surface area contributed by atoms with E-state index in [2.05, 4.69) is 0 Å². The molecule has 1 fully saturated rings. The molecule has 18 heavy (non-hydrogen) atoms. The van der Waals surface area contributed by atoms with Crippen LogP contribution < -0.4 is 0 Å². The van der Waals surface area contributed by atoms with Crippen molar-refractivity contribution >= 4 is 0 Å². The summed E-state index contributed by atoms with van der Waals surface area (Å²) in [6.45, 7) is -0.0711. The molecule has 1 saturated carbocycles. The van der Waals surface area contributed by atoms with E-state index in [1.54, 1.807) is 0 Å². The average Bonchev–Trinajstić information content (AvgIpc) is 2.62. The maximum absolute atomic E-state index is 13.7. The molecule has 2 atom stereocenters. The van der Waals surface area contributed by atoms with Gasteiger partial charge in [-0.1, -0.05) is 30.3 Å². The molecule has 100 valence electrons. The first-order chi connectivity index (χ1) is 8.62. The van der Waals surface area contributed by atoms with E-state index in [1.807, 2.05) is 30.3 Å². The van der Waals surface area contributed by atoms with Gasteiger partial charge in [0, 0.05) is 13.5 Å². The van der Waals surface area contributed by atoms with Gasteiger partial charge in [-0.2, -0.15) is 0 Å². The Balaban J connectivity index is 1.93. The molecule has 4 heteroatoms. The van der Waals surface area contributed by atoms with Crippen LogP contribution in [0.1, 0.15) is 18.4 Å². The molecule has 2 unspecified atom stereocenters. The van der Waals surface area contributed by atoms with E-state index >= 15 is 0 Å². The second-order valence-corrected chi connectivity index (χ2v) is 4.82. The van der Waals surface area contributed by atoms with Crippen molar-refractivity contribution in [2.45, 2.75) is 31.3 Å². The molecular formula is C14H18F2O2. The Morgan fingerprint density at radius 1 is 1.28 bits per heavy atom. The Morgan fingerprint density at radius 3 is 2.67 bits per heavy atom.